The molecule has 1 saturated carbocycles. The molecular formula is C31H32N2O6. The standard InChI is InChI=1S/C31H32N2O6/c1-19(38-17-20-9-3-2-4-10-20)28(29(34)32-16-21-15-26(21)30(35)36)33-31(37)39-18-27-24-13-7-5-11-22(24)23-12-6-8-14-25(23)27/h2-14,19,21,26-28H,15-18H2,1H3,(H,32,34)(H,33,37)(H,35,36)/t19-,21+,26+,28+/m0/s1. The molecule has 202 valence electrons. The number of aliphatic carboxylic acids is 1. The van der Waals surface area contributed by atoms with Crippen LogP contribution < -0.4 is 10.6 Å². The molecule has 4 atom stereocenters. The molecule has 8 nitrogen and oxygen atoms in total. The lowest BCUT2D eigenvalue weighted by molar-refractivity contribution is -0.139. The molecule has 0 heterocycles. The van der Waals surface area contributed by atoms with Crippen molar-refractivity contribution in [3.05, 3.63) is 95.6 Å². The lowest BCUT2D eigenvalue weighted by Gasteiger charge is -2.25. The first-order chi connectivity index (χ1) is 18.9. The van der Waals surface area contributed by atoms with E-state index in [1.54, 1.807) is 6.92 Å². The van der Waals surface area contributed by atoms with E-state index in [1.807, 2.05) is 66.7 Å². The fraction of sp³-hybridized carbons (Fsp3) is 0.323. The van der Waals surface area contributed by atoms with E-state index < -0.39 is 36.0 Å². The number of carboxylic acids is 1. The van der Waals surface area contributed by atoms with E-state index in [2.05, 4.69) is 22.8 Å². The number of hydrogen-bond acceptors (Lipinski definition) is 5. The molecule has 39 heavy (non-hydrogen) atoms. The first-order valence-electron chi connectivity index (χ1n) is 13.2. The van der Waals surface area contributed by atoms with Gasteiger partial charge in [-0.1, -0.05) is 78.9 Å². The van der Waals surface area contributed by atoms with Crippen LogP contribution in [-0.2, 0) is 25.7 Å². The number of carboxylic acid groups (broad SMARTS) is 1. The van der Waals surface area contributed by atoms with Crippen molar-refractivity contribution in [2.24, 2.45) is 11.8 Å². The average Bonchev–Trinajstić information content (AvgIpc) is 3.68. The van der Waals surface area contributed by atoms with Gasteiger partial charge < -0.3 is 25.2 Å². The predicted octanol–water partition coefficient (Wildman–Crippen LogP) is 4.34. The Morgan fingerprint density at radius 3 is 2.15 bits per heavy atom. The first kappa shape index (κ1) is 26.4. The second kappa shape index (κ2) is 11.7. The molecule has 0 aromatic heterocycles. The third kappa shape index (κ3) is 6.12. The summed E-state index contributed by atoms with van der Waals surface area (Å²) in [6, 6.07) is 24.7. The summed E-state index contributed by atoms with van der Waals surface area (Å²) in [6.07, 6.45) is -0.859. The van der Waals surface area contributed by atoms with E-state index >= 15 is 0 Å². The van der Waals surface area contributed by atoms with Crippen LogP contribution >= 0.6 is 0 Å². The van der Waals surface area contributed by atoms with Crippen molar-refractivity contribution < 1.29 is 29.0 Å². The Labute approximate surface area is 227 Å². The van der Waals surface area contributed by atoms with Crippen LogP contribution in [0.1, 0.15) is 36.0 Å². The van der Waals surface area contributed by atoms with Crippen LogP contribution in [0, 0.1) is 11.8 Å². The number of fused-ring (bicyclic) bond motifs is 3. The average molecular weight is 529 g/mol. The van der Waals surface area contributed by atoms with Crippen molar-refractivity contribution >= 4 is 18.0 Å². The zero-order valence-electron chi connectivity index (χ0n) is 21.7. The molecule has 0 aliphatic heterocycles. The summed E-state index contributed by atoms with van der Waals surface area (Å²) in [5.41, 5.74) is 5.38. The molecular weight excluding hydrogens is 496 g/mol. The Morgan fingerprint density at radius 2 is 1.54 bits per heavy atom. The maximum absolute atomic E-state index is 13.1. The summed E-state index contributed by atoms with van der Waals surface area (Å²) < 4.78 is 11.6. The Hall–Kier alpha value is -4.17. The molecule has 0 spiro atoms. The second-order valence-electron chi connectivity index (χ2n) is 10.1. The van der Waals surface area contributed by atoms with E-state index in [0.29, 0.717) is 6.42 Å². The van der Waals surface area contributed by atoms with Crippen LogP contribution in [0.25, 0.3) is 11.1 Å². The van der Waals surface area contributed by atoms with Gasteiger partial charge in [-0.2, -0.15) is 0 Å². The maximum atomic E-state index is 13.1. The minimum absolute atomic E-state index is 0.106. The predicted molar refractivity (Wildman–Crippen MR) is 145 cm³/mol. The van der Waals surface area contributed by atoms with Crippen LogP contribution in [0.15, 0.2) is 78.9 Å². The third-order valence-corrected chi connectivity index (χ3v) is 7.50. The maximum Gasteiger partial charge on any atom is 0.407 e. The number of rotatable bonds is 11. The van der Waals surface area contributed by atoms with Gasteiger partial charge >= 0.3 is 12.1 Å². The van der Waals surface area contributed by atoms with E-state index in [9.17, 15) is 14.4 Å². The van der Waals surface area contributed by atoms with Gasteiger partial charge in [-0.15, -0.1) is 0 Å². The van der Waals surface area contributed by atoms with Crippen LogP contribution in [0.3, 0.4) is 0 Å². The summed E-state index contributed by atoms with van der Waals surface area (Å²) in [5.74, 6) is -1.96. The number of nitrogens with one attached hydrogen (secondary N) is 2. The van der Waals surface area contributed by atoms with Gasteiger partial charge in [-0.25, -0.2) is 4.79 Å². The monoisotopic (exact) mass is 528 g/mol. The number of alkyl carbamates (subject to hydrolysis) is 1. The van der Waals surface area contributed by atoms with E-state index in [1.165, 1.54) is 0 Å². The fourth-order valence-electron chi connectivity index (χ4n) is 5.18. The summed E-state index contributed by atoms with van der Waals surface area (Å²) in [7, 11) is 0. The molecule has 3 aromatic carbocycles. The number of carbonyl (C=O) groups excluding carboxylic acids is 2. The van der Waals surface area contributed by atoms with Gasteiger partial charge in [0.05, 0.1) is 18.6 Å². The topological polar surface area (TPSA) is 114 Å². The molecule has 2 aliphatic rings. The summed E-state index contributed by atoms with van der Waals surface area (Å²) >= 11 is 0. The molecule has 2 amide bonds. The molecule has 3 aromatic rings. The van der Waals surface area contributed by atoms with Crippen LogP contribution in [0.2, 0.25) is 0 Å². The minimum atomic E-state index is -1.02. The van der Waals surface area contributed by atoms with Crippen molar-refractivity contribution in [1.82, 2.24) is 10.6 Å². The largest absolute Gasteiger partial charge is 0.481 e. The van der Waals surface area contributed by atoms with Gasteiger partial charge in [0.1, 0.15) is 12.6 Å². The van der Waals surface area contributed by atoms with Crippen LogP contribution in [0.5, 0.6) is 0 Å². The molecule has 8 heteroatoms. The first-order valence-corrected chi connectivity index (χ1v) is 13.2. The van der Waals surface area contributed by atoms with Crippen molar-refractivity contribution in [2.45, 2.75) is 38.0 Å². The van der Waals surface area contributed by atoms with E-state index in [-0.39, 0.29) is 31.6 Å². The van der Waals surface area contributed by atoms with Gasteiger partial charge in [-0.3, -0.25) is 9.59 Å². The van der Waals surface area contributed by atoms with E-state index in [0.717, 1.165) is 27.8 Å². The zero-order valence-corrected chi connectivity index (χ0v) is 21.7. The number of benzene rings is 3. The SMILES string of the molecule is C[C@H](OCc1ccccc1)[C@@H](NC(=O)OCC1c2ccccc2-c2ccccc21)C(=O)NC[C@H]1C[C@H]1C(=O)O. The van der Waals surface area contributed by atoms with Crippen molar-refractivity contribution in [3.63, 3.8) is 0 Å². The number of carbonyl (C=O) groups is 3. The molecule has 1 fully saturated rings. The molecule has 0 bridgehead atoms. The normalized spacial score (nSPS) is 18.8. The highest BCUT2D eigenvalue weighted by Crippen LogP contribution is 2.44. The van der Waals surface area contributed by atoms with Gasteiger partial charge in [0.15, 0.2) is 0 Å². The summed E-state index contributed by atoms with van der Waals surface area (Å²) in [6.45, 7) is 2.33. The van der Waals surface area contributed by atoms with Crippen molar-refractivity contribution in [1.29, 1.82) is 0 Å². The lowest BCUT2D eigenvalue weighted by Crippen LogP contribution is -2.53. The molecule has 0 unspecified atom stereocenters. The molecule has 3 N–H and O–H groups in total. The van der Waals surface area contributed by atoms with Gasteiger partial charge in [0, 0.05) is 12.5 Å². The Kier molecular flexibility index (Phi) is 7.93. The molecule has 2 aliphatic carbocycles. The Morgan fingerprint density at radius 1 is 0.923 bits per heavy atom. The smallest absolute Gasteiger partial charge is 0.407 e. The van der Waals surface area contributed by atoms with Crippen LogP contribution in [-0.4, -0.2) is 48.4 Å². The van der Waals surface area contributed by atoms with Crippen LogP contribution in [0.4, 0.5) is 4.79 Å². The second-order valence-corrected chi connectivity index (χ2v) is 10.1. The zero-order chi connectivity index (χ0) is 27.4. The fourth-order valence-corrected chi connectivity index (χ4v) is 5.18. The third-order valence-electron chi connectivity index (χ3n) is 7.50. The molecule has 0 radical (unpaired) electrons. The highest BCUT2D eigenvalue weighted by Gasteiger charge is 2.43. The summed E-state index contributed by atoms with van der Waals surface area (Å²) in [4.78, 5) is 37.2. The molecule has 5 rings (SSSR count). The van der Waals surface area contributed by atoms with Crippen molar-refractivity contribution in [3.8, 4) is 11.1 Å². The minimum Gasteiger partial charge on any atom is -0.481 e. The van der Waals surface area contributed by atoms with Gasteiger partial charge in [0.25, 0.3) is 0 Å². The highest BCUT2D eigenvalue weighted by atomic mass is 16.5. The molecule has 0 saturated heterocycles. The number of hydrogen-bond donors (Lipinski definition) is 3. The number of ether oxygens (including phenoxy) is 2. The summed E-state index contributed by atoms with van der Waals surface area (Å²) in [5, 5.41) is 14.6. The van der Waals surface area contributed by atoms with Gasteiger partial charge in [0.2, 0.25) is 5.91 Å². The highest BCUT2D eigenvalue weighted by molar-refractivity contribution is 5.86. The number of amides is 2. The van der Waals surface area contributed by atoms with Crippen molar-refractivity contribution in [2.75, 3.05) is 13.2 Å². The van der Waals surface area contributed by atoms with Gasteiger partial charge in [-0.05, 0) is 47.1 Å². The quantitative estimate of drug-likeness (QED) is 0.341. The lowest BCUT2D eigenvalue weighted by atomic mass is 9.98. The van der Waals surface area contributed by atoms with E-state index in [4.69, 9.17) is 14.6 Å². The Bertz CT molecular complexity index is 1300. The Balaban J connectivity index is 1.23.